The Balaban J connectivity index is 2.25. The Labute approximate surface area is 86.7 Å². The lowest BCUT2D eigenvalue weighted by molar-refractivity contribution is -0.119. The van der Waals surface area contributed by atoms with Crippen LogP contribution in [0.2, 0.25) is 0 Å². The number of hydrogen-bond acceptors (Lipinski definition) is 4. The van der Waals surface area contributed by atoms with E-state index >= 15 is 0 Å². The van der Waals surface area contributed by atoms with Crippen LogP contribution < -0.4 is 16.4 Å². The molecular formula is C8H13N5O2. The van der Waals surface area contributed by atoms with Crippen molar-refractivity contribution in [1.29, 1.82) is 0 Å². The second-order valence-electron chi connectivity index (χ2n) is 2.97. The number of carbonyl (C=O) groups is 2. The van der Waals surface area contributed by atoms with E-state index in [2.05, 4.69) is 10.3 Å². The van der Waals surface area contributed by atoms with Gasteiger partial charge in [0.15, 0.2) is 0 Å². The molecule has 7 heteroatoms. The van der Waals surface area contributed by atoms with Gasteiger partial charge in [-0.2, -0.15) is 0 Å². The van der Waals surface area contributed by atoms with Crippen molar-refractivity contribution in [2.75, 3.05) is 6.54 Å². The number of imide groups is 1. The Morgan fingerprint density at radius 2 is 2.33 bits per heavy atom. The van der Waals surface area contributed by atoms with Crippen LogP contribution in [0.3, 0.4) is 0 Å². The summed E-state index contributed by atoms with van der Waals surface area (Å²) in [5.41, 5.74) is 4.77. The Hall–Kier alpha value is -1.89. The minimum absolute atomic E-state index is 0.0236. The first-order chi connectivity index (χ1) is 7.09. The predicted octanol–water partition coefficient (Wildman–Crippen LogP) is -1.30. The number of imidazole rings is 1. The van der Waals surface area contributed by atoms with Crippen LogP contribution in [-0.4, -0.2) is 28.0 Å². The summed E-state index contributed by atoms with van der Waals surface area (Å²) in [5.74, 6) is 0.346. The van der Waals surface area contributed by atoms with E-state index in [0.717, 1.165) is 5.82 Å². The van der Waals surface area contributed by atoms with Crippen molar-refractivity contribution < 1.29 is 9.59 Å². The van der Waals surface area contributed by atoms with Gasteiger partial charge in [-0.05, 0) is 0 Å². The van der Waals surface area contributed by atoms with Gasteiger partial charge in [0.2, 0.25) is 5.91 Å². The number of amides is 3. The molecule has 1 aromatic rings. The highest BCUT2D eigenvalue weighted by Crippen LogP contribution is 1.91. The maximum atomic E-state index is 11.0. The Bertz CT molecular complexity index is 360. The lowest BCUT2D eigenvalue weighted by Gasteiger charge is -2.04. The van der Waals surface area contributed by atoms with E-state index in [-0.39, 0.29) is 6.54 Å². The van der Waals surface area contributed by atoms with Gasteiger partial charge in [-0.25, -0.2) is 9.78 Å². The van der Waals surface area contributed by atoms with Gasteiger partial charge in [0.25, 0.3) is 0 Å². The van der Waals surface area contributed by atoms with Gasteiger partial charge in [0.05, 0.1) is 13.1 Å². The van der Waals surface area contributed by atoms with Gasteiger partial charge in [-0.1, -0.05) is 0 Å². The first-order valence-electron chi connectivity index (χ1n) is 4.36. The van der Waals surface area contributed by atoms with E-state index in [1.807, 2.05) is 16.9 Å². The monoisotopic (exact) mass is 211 g/mol. The van der Waals surface area contributed by atoms with Crippen molar-refractivity contribution in [3.8, 4) is 0 Å². The molecule has 0 unspecified atom stereocenters. The number of nitrogens with one attached hydrogen (secondary N) is 2. The summed E-state index contributed by atoms with van der Waals surface area (Å²) < 4.78 is 1.83. The number of nitrogens with zero attached hydrogens (tertiary/aromatic N) is 2. The van der Waals surface area contributed by atoms with Crippen LogP contribution in [0, 0.1) is 0 Å². The number of primary amides is 1. The molecule has 0 radical (unpaired) electrons. The zero-order chi connectivity index (χ0) is 11.3. The Morgan fingerprint density at radius 1 is 1.60 bits per heavy atom. The Morgan fingerprint density at radius 3 is 2.87 bits per heavy atom. The third-order valence-electron chi connectivity index (χ3n) is 1.75. The fourth-order valence-electron chi connectivity index (χ4n) is 1.04. The smallest absolute Gasteiger partial charge is 0.318 e. The molecule has 82 valence electrons. The number of hydrogen-bond donors (Lipinski definition) is 3. The van der Waals surface area contributed by atoms with E-state index in [0.29, 0.717) is 6.54 Å². The normalized spacial score (nSPS) is 9.93. The molecule has 7 nitrogen and oxygen atoms in total. The molecule has 0 aliphatic rings. The van der Waals surface area contributed by atoms with Crippen molar-refractivity contribution in [3.63, 3.8) is 0 Å². The molecule has 1 aromatic heterocycles. The van der Waals surface area contributed by atoms with Crippen molar-refractivity contribution in [2.45, 2.75) is 6.54 Å². The summed E-state index contributed by atoms with van der Waals surface area (Å²) in [7, 11) is 1.85. The molecule has 0 bridgehead atoms. The zero-order valence-corrected chi connectivity index (χ0v) is 8.36. The molecule has 0 fully saturated rings. The molecule has 15 heavy (non-hydrogen) atoms. The molecule has 0 atom stereocenters. The molecule has 0 aliphatic carbocycles. The number of aryl methyl sites for hydroxylation is 1. The van der Waals surface area contributed by atoms with Crippen LogP contribution in [0.1, 0.15) is 5.82 Å². The van der Waals surface area contributed by atoms with Gasteiger partial charge >= 0.3 is 6.03 Å². The predicted molar refractivity (Wildman–Crippen MR) is 52.6 cm³/mol. The SMILES string of the molecule is Cn1ccnc1CNCC(=O)NC(N)=O. The minimum Gasteiger partial charge on any atom is -0.351 e. The molecule has 4 N–H and O–H groups in total. The first-order valence-corrected chi connectivity index (χ1v) is 4.36. The molecule has 0 saturated carbocycles. The Kier molecular flexibility index (Phi) is 3.81. The van der Waals surface area contributed by atoms with E-state index in [4.69, 9.17) is 5.73 Å². The topological polar surface area (TPSA) is 102 Å². The van der Waals surface area contributed by atoms with Crippen LogP contribution in [0.15, 0.2) is 12.4 Å². The number of nitrogens with two attached hydrogens (primary N) is 1. The number of aromatic nitrogens is 2. The fourth-order valence-corrected chi connectivity index (χ4v) is 1.04. The summed E-state index contributed by atoms with van der Waals surface area (Å²) in [5, 5.41) is 4.78. The van der Waals surface area contributed by atoms with Crippen molar-refractivity contribution in [1.82, 2.24) is 20.2 Å². The van der Waals surface area contributed by atoms with Crippen molar-refractivity contribution >= 4 is 11.9 Å². The second-order valence-corrected chi connectivity index (χ2v) is 2.97. The van der Waals surface area contributed by atoms with Crippen LogP contribution in [0.25, 0.3) is 0 Å². The average Bonchev–Trinajstić information content (AvgIpc) is 2.50. The van der Waals surface area contributed by atoms with Crippen LogP contribution >= 0.6 is 0 Å². The number of urea groups is 1. The highest BCUT2D eigenvalue weighted by atomic mass is 16.2. The summed E-state index contributed by atoms with van der Waals surface area (Å²) in [6.45, 7) is 0.478. The summed E-state index contributed by atoms with van der Waals surface area (Å²) in [6.07, 6.45) is 3.47. The first kappa shape index (κ1) is 11.2. The highest BCUT2D eigenvalue weighted by molar-refractivity contribution is 5.94. The summed E-state index contributed by atoms with van der Waals surface area (Å²) in [4.78, 5) is 25.3. The lowest BCUT2D eigenvalue weighted by atomic mass is 10.5. The molecular weight excluding hydrogens is 198 g/mol. The summed E-state index contributed by atoms with van der Waals surface area (Å²) in [6, 6.07) is -0.848. The maximum Gasteiger partial charge on any atom is 0.318 e. The molecule has 1 heterocycles. The van der Waals surface area contributed by atoms with E-state index in [1.165, 1.54) is 0 Å². The third-order valence-corrected chi connectivity index (χ3v) is 1.75. The van der Waals surface area contributed by atoms with E-state index in [9.17, 15) is 9.59 Å². The molecule has 0 spiro atoms. The molecule has 1 rings (SSSR count). The van der Waals surface area contributed by atoms with E-state index in [1.54, 1.807) is 12.4 Å². The average molecular weight is 211 g/mol. The second kappa shape index (κ2) is 5.11. The third kappa shape index (κ3) is 3.77. The van der Waals surface area contributed by atoms with Crippen LogP contribution in [0.4, 0.5) is 4.79 Å². The highest BCUT2D eigenvalue weighted by Gasteiger charge is 2.04. The van der Waals surface area contributed by atoms with Gasteiger partial charge in [-0.3, -0.25) is 10.1 Å². The van der Waals surface area contributed by atoms with Crippen molar-refractivity contribution in [2.24, 2.45) is 12.8 Å². The lowest BCUT2D eigenvalue weighted by Crippen LogP contribution is -2.40. The van der Waals surface area contributed by atoms with Gasteiger partial charge < -0.3 is 15.6 Å². The number of carbonyl (C=O) groups excluding carboxylic acids is 2. The van der Waals surface area contributed by atoms with Crippen molar-refractivity contribution in [3.05, 3.63) is 18.2 Å². The largest absolute Gasteiger partial charge is 0.351 e. The van der Waals surface area contributed by atoms with Crippen LogP contribution in [-0.2, 0) is 18.4 Å². The fraction of sp³-hybridized carbons (Fsp3) is 0.375. The molecule has 0 aromatic carbocycles. The zero-order valence-electron chi connectivity index (χ0n) is 8.36. The number of rotatable bonds is 4. The van der Waals surface area contributed by atoms with E-state index < -0.39 is 11.9 Å². The quantitative estimate of drug-likeness (QED) is 0.576. The minimum atomic E-state index is -0.848. The molecule has 3 amide bonds. The molecule has 0 saturated heterocycles. The maximum absolute atomic E-state index is 11.0. The standard InChI is InChI=1S/C8H13N5O2/c1-13-3-2-11-6(13)4-10-5-7(14)12-8(9)15/h2-3,10H,4-5H2,1H3,(H3,9,12,14,15). The molecule has 0 aliphatic heterocycles. The van der Waals surface area contributed by atoms with Gasteiger partial charge in [0.1, 0.15) is 5.82 Å². The van der Waals surface area contributed by atoms with Gasteiger partial charge in [0, 0.05) is 19.4 Å². The summed E-state index contributed by atoms with van der Waals surface area (Å²) >= 11 is 0. The van der Waals surface area contributed by atoms with Crippen LogP contribution in [0.5, 0.6) is 0 Å². The van der Waals surface area contributed by atoms with Gasteiger partial charge in [-0.15, -0.1) is 0 Å².